The molecule has 144 valence electrons. The topological polar surface area (TPSA) is 80.3 Å². The number of aliphatic carboxylic acids is 2. The van der Waals surface area contributed by atoms with Gasteiger partial charge in [0.2, 0.25) is 0 Å². The van der Waals surface area contributed by atoms with Gasteiger partial charge >= 0.3 is 59.1 Å². The molecule has 0 rings (SSSR count). The Hall–Kier alpha value is 0.940. The van der Waals surface area contributed by atoms with E-state index < -0.39 is 11.9 Å². The van der Waals surface area contributed by atoms with E-state index in [0.29, 0.717) is 0 Å². The number of carboxylic acid groups (broad SMARTS) is 2. The van der Waals surface area contributed by atoms with E-state index >= 15 is 0 Å². The zero-order valence-corrected chi connectivity index (χ0v) is 21.9. The first kappa shape index (κ1) is 34.4. The molecule has 0 amide bonds. The molecule has 4 nitrogen and oxygen atoms in total. The standard InChI is InChI=1S/C12H24O2.C8H16O2.2Na/c1-2-3-4-5-6-7-8-9-10-11-12(13)14;1-2-3-4-5-6-7-8(9)10;;/h2-11H2,1H3,(H,13,14);2-7H2,1H3,(H,9,10);;/q;;2*+1/p-2. The Morgan fingerprint density at radius 3 is 0.962 bits per heavy atom. The average molecular weight is 389 g/mol. The van der Waals surface area contributed by atoms with Crippen LogP contribution in [0.2, 0.25) is 0 Å². The van der Waals surface area contributed by atoms with E-state index in [1.807, 2.05) is 0 Å². The van der Waals surface area contributed by atoms with E-state index in [1.54, 1.807) is 0 Å². The van der Waals surface area contributed by atoms with E-state index in [-0.39, 0.29) is 72.0 Å². The minimum absolute atomic E-state index is 0. The summed E-state index contributed by atoms with van der Waals surface area (Å²) in [5, 5.41) is 20.0. The molecule has 0 N–H and O–H groups in total. The minimum atomic E-state index is -0.920. The fourth-order valence-electron chi connectivity index (χ4n) is 2.45. The van der Waals surface area contributed by atoms with Crippen molar-refractivity contribution in [1.29, 1.82) is 0 Å². The second kappa shape index (κ2) is 30.7. The SMILES string of the molecule is CCCCCCCC(=O)[O-].CCCCCCCCCCCC(=O)[O-].[Na+].[Na+]. The monoisotopic (exact) mass is 388 g/mol. The Labute approximate surface area is 205 Å². The summed E-state index contributed by atoms with van der Waals surface area (Å²) in [6, 6.07) is 0. The van der Waals surface area contributed by atoms with Crippen LogP contribution in [0.3, 0.4) is 0 Å². The molecule has 26 heavy (non-hydrogen) atoms. The molecule has 0 radical (unpaired) electrons. The van der Waals surface area contributed by atoms with Crippen LogP contribution in [-0.4, -0.2) is 11.9 Å². The Kier molecular flexibility index (Phi) is 40.6. The molecular formula is C20H38Na2O4. The van der Waals surface area contributed by atoms with Crippen molar-refractivity contribution >= 4 is 11.9 Å². The van der Waals surface area contributed by atoms with Crippen molar-refractivity contribution < 1.29 is 78.9 Å². The predicted octanol–water partition coefficient (Wildman–Crippen LogP) is -2.24. The molecule has 0 aromatic rings. The molecule has 0 saturated carbocycles. The van der Waals surface area contributed by atoms with E-state index in [1.165, 1.54) is 57.8 Å². The van der Waals surface area contributed by atoms with E-state index in [2.05, 4.69) is 13.8 Å². The van der Waals surface area contributed by atoms with Crippen LogP contribution >= 0.6 is 0 Å². The van der Waals surface area contributed by atoms with Crippen molar-refractivity contribution in [2.75, 3.05) is 0 Å². The largest absolute Gasteiger partial charge is 1.00 e. The Bertz CT molecular complexity index is 287. The molecule has 0 aliphatic rings. The molecule has 0 aromatic carbocycles. The molecular weight excluding hydrogens is 350 g/mol. The molecule has 0 aliphatic carbocycles. The second-order valence-electron chi connectivity index (χ2n) is 6.49. The first-order chi connectivity index (χ1) is 11.5. The van der Waals surface area contributed by atoms with E-state index in [9.17, 15) is 19.8 Å². The van der Waals surface area contributed by atoms with Crippen LogP contribution in [0.5, 0.6) is 0 Å². The Balaban J connectivity index is -0.000000181. The van der Waals surface area contributed by atoms with Gasteiger partial charge in [0.1, 0.15) is 0 Å². The summed E-state index contributed by atoms with van der Waals surface area (Å²) in [5.74, 6) is -1.83. The molecule has 0 spiro atoms. The van der Waals surface area contributed by atoms with Gasteiger partial charge in [0.05, 0.1) is 0 Å². The van der Waals surface area contributed by atoms with Gasteiger partial charge in [-0.15, -0.1) is 0 Å². The summed E-state index contributed by atoms with van der Waals surface area (Å²) >= 11 is 0. The molecule has 0 heterocycles. The second-order valence-corrected chi connectivity index (χ2v) is 6.49. The number of carbonyl (C=O) groups excluding carboxylic acids is 2. The predicted molar refractivity (Wildman–Crippen MR) is 95.2 cm³/mol. The third-order valence-corrected chi connectivity index (χ3v) is 3.97. The summed E-state index contributed by atoms with van der Waals surface area (Å²) in [6.07, 6.45) is 16.8. The molecule has 0 fully saturated rings. The first-order valence-corrected chi connectivity index (χ1v) is 9.94. The van der Waals surface area contributed by atoms with Gasteiger partial charge in [0, 0.05) is 11.9 Å². The van der Waals surface area contributed by atoms with Crippen LogP contribution in [0.15, 0.2) is 0 Å². The molecule has 0 aromatic heterocycles. The van der Waals surface area contributed by atoms with Gasteiger partial charge in [0.25, 0.3) is 0 Å². The third-order valence-electron chi connectivity index (χ3n) is 3.97. The average Bonchev–Trinajstić information content (AvgIpc) is 2.53. The first-order valence-electron chi connectivity index (χ1n) is 9.94. The number of carbonyl (C=O) groups is 2. The maximum atomic E-state index is 10.1. The summed E-state index contributed by atoms with van der Waals surface area (Å²) in [7, 11) is 0. The number of unbranched alkanes of at least 4 members (excludes halogenated alkanes) is 12. The normalized spacial score (nSPS) is 9.31. The van der Waals surface area contributed by atoms with E-state index in [4.69, 9.17) is 0 Å². The maximum Gasteiger partial charge on any atom is 1.00 e. The number of rotatable bonds is 16. The van der Waals surface area contributed by atoms with Crippen LogP contribution in [0.1, 0.15) is 117 Å². The minimum Gasteiger partial charge on any atom is -0.550 e. The van der Waals surface area contributed by atoms with E-state index in [0.717, 1.165) is 32.1 Å². The van der Waals surface area contributed by atoms with Gasteiger partial charge in [0.15, 0.2) is 0 Å². The zero-order valence-electron chi connectivity index (χ0n) is 17.9. The van der Waals surface area contributed by atoms with Crippen LogP contribution < -0.4 is 69.3 Å². The molecule has 6 heteroatoms. The fraction of sp³-hybridized carbons (Fsp3) is 0.900. The third kappa shape index (κ3) is 39.8. The zero-order chi connectivity index (χ0) is 18.5. The van der Waals surface area contributed by atoms with Crippen molar-refractivity contribution in [2.45, 2.75) is 117 Å². The summed E-state index contributed by atoms with van der Waals surface area (Å²) in [4.78, 5) is 20.0. The van der Waals surface area contributed by atoms with Gasteiger partial charge in [-0.2, -0.15) is 0 Å². The summed E-state index contributed by atoms with van der Waals surface area (Å²) in [6.45, 7) is 4.36. The molecule has 0 bridgehead atoms. The van der Waals surface area contributed by atoms with Crippen molar-refractivity contribution in [3.05, 3.63) is 0 Å². The molecule has 0 unspecified atom stereocenters. The number of carboxylic acids is 2. The molecule has 0 saturated heterocycles. The Morgan fingerprint density at radius 1 is 0.500 bits per heavy atom. The van der Waals surface area contributed by atoms with Crippen molar-refractivity contribution in [3.63, 3.8) is 0 Å². The van der Waals surface area contributed by atoms with Crippen LogP contribution in [0, 0.1) is 0 Å². The van der Waals surface area contributed by atoms with Gasteiger partial charge < -0.3 is 19.8 Å². The van der Waals surface area contributed by atoms with Crippen molar-refractivity contribution in [2.24, 2.45) is 0 Å². The van der Waals surface area contributed by atoms with Crippen LogP contribution in [0.4, 0.5) is 0 Å². The fourth-order valence-corrected chi connectivity index (χ4v) is 2.45. The van der Waals surface area contributed by atoms with Gasteiger partial charge in [-0.25, -0.2) is 0 Å². The number of hydrogen-bond donors (Lipinski definition) is 0. The quantitative estimate of drug-likeness (QED) is 0.221. The van der Waals surface area contributed by atoms with Crippen LogP contribution in [-0.2, 0) is 9.59 Å². The van der Waals surface area contributed by atoms with Crippen molar-refractivity contribution in [3.8, 4) is 0 Å². The van der Waals surface area contributed by atoms with Gasteiger partial charge in [-0.05, 0) is 25.7 Å². The van der Waals surface area contributed by atoms with Crippen molar-refractivity contribution in [1.82, 2.24) is 0 Å². The number of hydrogen-bond acceptors (Lipinski definition) is 4. The van der Waals surface area contributed by atoms with Crippen LogP contribution in [0.25, 0.3) is 0 Å². The smallest absolute Gasteiger partial charge is 0.550 e. The molecule has 0 aliphatic heterocycles. The Morgan fingerprint density at radius 2 is 0.731 bits per heavy atom. The van der Waals surface area contributed by atoms with Gasteiger partial charge in [-0.3, -0.25) is 0 Å². The molecule has 0 atom stereocenters. The summed E-state index contributed by atoms with van der Waals surface area (Å²) < 4.78 is 0. The summed E-state index contributed by atoms with van der Waals surface area (Å²) in [5.41, 5.74) is 0. The van der Waals surface area contributed by atoms with Gasteiger partial charge in [-0.1, -0.05) is 90.9 Å². The maximum absolute atomic E-state index is 10.1.